The number of hydrogen-bond donors (Lipinski definition) is 3. The van der Waals surface area contributed by atoms with E-state index in [1.54, 1.807) is 6.92 Å². The van der Waals surface area contributed by atoms with E-state index in [0.29, 0.717) is 0 Å². The number of fused-ring (bicyclic) bond motifs is 3. The summed E-state index contributed by atoms with van der Waals surface area (Å²) in [6, 6.07) is 24.5. The van der Waals surface area contributed by atoms with Gasteiger partial charge in [-0.2, -0.15) is 0 Å². The first-order valence-electron chi connectivity index (χ1n) is 13.6. The second kappa shape index (κ2) is 13.1. The Hall–Kier alpha value is -5.03. The van der Waals surface area contributed by atoms with Crippen molar-refractivity contribution in [2.45, 2.75) is 38.1 Å². The summed E-state index contributed by atoms with van der Waals surface area (Å²) in [4.78, 5) is 37.3. The van der Waals surface area contributed by atoms with Gasteiger partial charge in [-0.3, -0.25) is 4.79 Å². The lowest BCUT2D eigenvalue weighted by Crippen LogP contribution is -2.53. The number of nitrogens with zero attached hydrogens (tertiary/aromatic N) is 3. The number of carboxylic acid groups (broad SMARTS) is 1. The van der Waals surface area contributed by atoms with Crippen LogP contribution in [0.3, 0.4) is 0 Å². The quantitative estimate of drug-likeness (QED) is 0.235. The highest BCUT2D eigenvalue weighted by molar-refractivity contribution is 5.86. The van der Waals surface area contributed by atoms with Crippen LogP contribution in [0.25, 0.3) is 11.1 Å². The van der Waals surface area contributed by atoms with Gasteiger partial charge in [0, 0.05) is 12.5 Å². The van der Waals surface area contributed by atoms with Crippen LogP contribution < -0.4 is 10.6 Å². The first kappa shape index (κ1) is 28.5. The second-order valence-corrected chi connectivity index (χ2v) is 9.91. The Balaban J connectivity index is 1.22. The van der Waals surface area contributed by atoms with Crippen molar-refractivity contribution in [2.24, 2.45) is 0 Å². The van der Waals surface area contributed by atoms with E-state index in [1.807, 2.05) is 66.7 Å². The Morgan fingerprint density at radius 1 is 0.952 bits per heavy atom. The first-order chi connectivity index (χ1) is 20.4. The highest BCUT2D eigenvalue weighted by atomic mass is 16.5. The lowest BCUT2D eigenvalue weighted by molar-refractivity contribution is -0.127. The minimum atomic E-state index is -1.19. The minimum Gasteiger partial charge on any atom is -0.476 e. The number of carboxylic acids is 1. The normalized spacial score (nSPS) is 13.5. The van der Waals surface area contributed by atoms with Crippen LogP contribution in [0.5, 0.6) is 0 Å². The Morgan fingerprint density at radius 2 is 1.60 bits per heavy atom. The summed E-state index contributed by atoms with van der Waals surface area (Å²) < 4.78 is 12.9. The summed E-state index contributed by atoms with van der Waals surface area (Å²) in [5.41, 5.74) is 5.12. The summed E-state index contributed by atoms with van der Waals surface area (Å²) in [7, 11) is 0. The molecule has 0 radical (unpaired) electrons. The van der Waals surface area contributed by atoms with Crippen LogP contribution in [-0.4, -0.2) is 63.4 Å². The van der Waals surface area contributed by atoms with E-state index in [-0.39, 0.29) is 37.9 Å². The zero-order valence-electron chi connectivity index (χ0n) is 23.0. The largest absolute Gasteiger partial charge is 0.476 e. The molecule has 3 N–H and O–H groups in total. The van der Waals surface area contributed by atoms with Crippen LogP contribution in [0.1, 0.15) is 40.0 Å². The standard InChI is InChI=1S/C31H31N5O6/c1-20(41-18-21-9-3-2-4-10-21)28(29(37)32-15-16-36-17-27(30(38)39)34-35-36)33-31(40)42-19-26-24-13-7-5-11-22(24)23-12-6-8-14-25(23)26/h2-14,17,20,26,28H,15-16,18-19H2,1H3,(H,32,37)(H,33,40)(H,38,39)/t20-,28+/m0/s1. The number of amides is 2. The van der Waals surface area contributed by atoms with E-state index in [1.165, 1.54) is 10.9 Å². The van der Waals surface area contributed by atoms with Crippen molar-refractivity contribution >= 4 is 18.0 Å². The van der Waals surface area contributed by atoms with E-state index in [0.717, 1.165) is 27.8 Å². The monoisotopic (exact) mass is 569 g/mol. The van der Waals surface area contributed by atoms with Crippen molar-refractivity contribution in [2.75, 3.05) is 13.2 Å². The molecule has 0 saturated heterocycles. The molecule has 1 aliphatic rings. The smallest absolute Gasteiger partial charge is 0.407 e. The fourth-order valence-corrected chi connectivity index (χ4v) is 4.97. The molecule has 1 heterocycles. The molecular weight excluding hydrogens is 538 g/mol. The molecule has 2 amide bonds. The second-order valence-electron chi connectivity index (χ2n) is 9.91. The van der Waals surface area contributed by atoms with Crippen LogP contribution >= 0.6 is 0 Å². The van der Waals surface area contributed by atoms with Gasteiger partial charge in [0.2, 0.25) is 5.91 Å². The zero-order valence-corrected chi connectivity index (χ0v) is 23.0. The molecule has 0 spiro atoms. The Kier molecular flexibility index (Phi) is 8.88. The Morgan fingerprint density at radius 3 is 2.24 bits per heavy atom. The maximum absolute atomic E-state index is 13.2. The number of aromatic carboxylic acids is 1. The van der Waals surface area contributed by atoms with Crippen LogP contribution in [0.4, 0.5) is 4.79 Å². The number of nitrogens with one attached hydrogen (secondary N) is 2. The number of carbonyl (C=O) groups excluding carboxylic acids is 2. The van der Waals surface area contributed by atoms with Crippen LogP contribution in [0, 0.1) is 0 Å². The maximum Gasteiger partial charge on any atom is 0.407 e. The number of carbonyl (C=O) groups is 3. The van der Waals surface area contributed by atoms with Crippen molar-refractivity contribution < 1.29 is 29.0 Å². The molecule has 1 aliphatic carbocycles. The van der Waals surface area contributed by atoms with E-state index in [4.69, 9.17) is 14.6 Å². The van der Waals surface area contributed by atoms with Gasteiger partial charge in [-0.1, -0.05) is 84.1 Å². The molecule has 4 aromatic rings. The van der Waals surface area contributed by atoms with Crippen molar-refractivity contribution in [1.29, 1.82) is 0 Å². The molecule has 0 saturated carbocycles. The highest BCUT2D eigenvalue weighted by Gasteiger charge is 2.31. The van der Waals surface area contributed by atoms with Gasteiger partial charge in [-0.05, 0) is 34.7 Å². The van der Waals surface area contributed by atoms with E-state index in [2.05, 4.69) is 33.1 Å². The van der Waals surface area contributed by atoms with E-state index < -0.39 is 30.1 Å². The molecule has 11 heteroatoms. The van der Waals surface area contributed by atoms with Crippen LogP contribution in [0.2, 0.25) is 0 Å². The maximum atomic E-state index is 13.2. The minimum absolute atomic E-state index is 0.103. The molecular formula is C31H31N5O6. The van der Waals surface area contributed by atoms with Gasteiger partial charge >= 0.3 is 12.1 Å². The number of aromatic nitrogens is 3. The summed E-state index contributed by atoms with van der Waals surface area (Å²) in [6.07, 6.45) is -0.169. The lowest BCUT2D eigenvalue weighted by Gasteiger charge is -2.25. The average molecular weight is 570 g/mol. The van der Waals surface area contributed by atoms with E-state index >= 15 is 0 Å². The Labute approximate surface area is 242 Å². The number of rotatable bonds is 12. The first-order valence-corrected chi connectivity index (χ1v) is 13.6. The number of benzene rings is 3. The van der Waals surface area contributed by atoms with Crippen molar-refractivity contribution in [3.63, 3.8) is 0 Å². The third-order valence-corrected chi connectivity index (χ3v) is 7.12. The van der Waals surface area contributed by atoms with E-state index in [9.17, 15) is 14.4 Å². The van der Waals surface area contributed by atoms with Gasteiger partial charge in [0.15, 0.2) is 5.69 Å². The molecule has 0 aliphatic heterocycles. The predicted molar refractivity (Wildman–Crippen MR) is 153 cm³/mol. The molecule has 3 aromatic carbocycles. The molecule has 0 fully saturated rings. The summed E-state index contributed by atoms with van der Waals surface area (Å²) in [5.74, 6) is -1.80. The topological polar surface area (TPSA) is 145 Å². The van der Waals surface area contributed by atoms with Crippen LogP contribution in [0.15, 0.2) is 85.1 Å². The van der Waals surface area contributed by atoms with Crippen molar-refractivity contribution in [1.82, 2.24) is 25.6 Å². The predicted octanol–water partition coefficient (Wildman–Crippen LogP) is 3.61. The molecule has 1 aromatic heterocycles. The van der Waals surface area contributed by atoms with Gasteiger partial charge < -0.3 is 25.2 Å². The summed E-state index contributed by atoms with van der Waals surface area (Å²) in [5, 5.41) is 21.8. The third-order valence-electron chi connectivity index (χ3n) is 7.12. The number of ether oxygens (including phenoxy) is 2. The summed E-state index contributed by atoms with van der Waals surface area (Å²) >= 11 is 0. The molecule has 216 valence electrons. The average Bonchev–Trinajstić information content (AvgIpc) is 3.61. The summed E-state index contributed by atoms with van der Waals surface area (Å²) in [6.45, 7) is 2.35. The van der Waals surface area contributed by atoms with Gasteiger partial charge in [-0.15, -0.1) is 5.10 Å². The van der Waals surface area contributed by atoms with Gasteiger partial charge in [0.05, 0.1) is 25.5 Å². The van der Waals surface area contributed by atoms with Gasteiger partial charge in [-0.25, -0.2) is 14.3 Å². The van der Waals surface area contributed by atoms with Crippen molar-refractivity contribution in [3.05, 3.63) is 107 Å². The highest BCUT2D eigenvalue weighted by Crippen LogP contribution is 2.44. The molecule has 0 bridgehead atoms. The fraction of sp³-hybridized carbons (Fsp3) is 0.258. The third kappa shape index (κ3) is 6.64. The number of hydrogen-bond acceptors (Lipinski definition) is 7. The Bertz CT molecular complexity index is 1510. The zero-order chi connectivity index (χ0) is 29.5. The lowest BCUT2D eigenvalue weighted by atomic mass is 9.98. The molecule has 11 nitrogen and oxygen atoms in total. The van der Waals surface area contributed by atoms with Crippen molar-refractivity contribution in [3.8, 4) is 11.1 Å². The molecule has 2 atom stereocenters. The molecule has 42 heavy (non-hydrogen) atoms. The fourth-order valence-electron chi connectivity index (χ4n) is 4.97. The molecule has 5 rings (SSSR count). The van der Waals surface area contributed by atoms with Crippen LogP contribution in [-0.2, 0) is 27.4 Å². The number of alkyl carbamates (subject to hydrolysis) is 1. The molecule has 0 unspecified atom stereocenters. The van der Waals surface area contributed by atoms with Gasteiger partial charge in [0.1, 0.15) is 12.6 Å². The SMILES string of the molecule is C[C@H](OCc1ccccc1)[C@@H](NC(=O)OCC1c2ccccc2-c2ccccc21)C(=O)NCCn1cc(C(=O)O)nn1. The van der Waals surface area contributed by atoms with Gasteiger partial charge in [0.25, 0.3) is 0 Å².